The van der Waals surface area contributed by atoms with Gasteiger partial charge in [-0.2, -0.15) is 21.4 Å². The zero-order chi connectivity index (χ0) is 46.8. The fourth-order valence-corrected chi connectivity index (χ4v) is 9.77. The molecule has 3 aromatic carbocycles. The number of rotatable bonds is 22. The van der Waals surface area contributed by atoms with Gasteiger partial charge in [0.25, 0.3) is 26.7 Å². The number of unbranched alkanes of at least 4 members (excludes halogenated alkanes) is 2. The van der Waals surface area contributed by atoms with E-state index in [4.69, 9.17) is 24.2 Å². The fourth-order valence-electron chi connectivity index (χ4n) is 8.26. The van der Waals surface area contributed by atoms with Gasteiger partial charge in [-0.05, 0) is 92.8 Å². The zero-order valence-electron chi connectivity index (χ0n) is 36.7. The van der Waals surface area contributed by atoms with Crippen LogP contribution < -0.4 is 9.64 Å². The molecule has 19 heteroatoms. The third-order valence-corrected chi connectivity index (χ3v) is 13.8. The second-order valence-electron chi connectivity index (χ2n) is 16.5. The van der Waals surface area contributed by atoms with Crippen molar-refractivity contribution in [1.82, 2.24) is 0 Å². The van der Waals surface area contributed by atoms with Crippen LogP contribution >= 0.6 is 12.0 Å². The molecule has 3 aliphatic heterocycles. The number of carbonyl (C=O) groups is 1. The van der Waals surface area contributed by atoms with Crippen molar-refractivity contribution in [1.29, 1.82) is 0 Å². The van der Waals surface area contributed by atoms with Crippen molar-refractivity contribution < 1.29 is 68.9 Å². The Hall–Kier alpha value is -4.99. The van der Waals surface area contributed by atoms with Crippen LogP contribution in [0, 0.1) is 0 Å². The Balaban J connectivity index is 1.44. The summed E-state index contributed by atoms with van der Waals surface area (Å²) in [6.45, 7) is 10.2. The summed E-state index contributed by atoms with van der Waals surface area (Å²) in [7, 11) is -8.71. The molecule has 3 aliphatic rings. The molecule has 350 valence electrons. The van der Waals surface area contributed by atoms with Gasteiger partial charge in [0, 0.05) is 71.7 Å². The van der Waals surface area contributed by atoms with Gasteiger partial charge in [-0.1, -0.05) is 49.2 Å². The predicted octanol–water partition coefficient (Wildman–Crippen LogP) is 8.00. The smallest absolute Gasteiger partial charge is 0.294 e. The van der Waals surface area contributed by atoms with E-state index in [1.807, 2.05) is 61.2 Å². The molecular weight excluding hydrogens is 901 g/mol. The Kier molecular flexibility index (Phi) is 16.4. The van der Waals surface area contributed by atoms with Gasteiger partial charge < -0.3 is 23.8 Å². The normalized spacial score (nSPS) is 18.2. The first kappa shape index (κ1) is 49.4. The highest BCUT2D eigenvalue weighted by atomic mass is 32.2. The summed E-state index contributed by atoms with van der Waals surface area (Å²) in [6.07, 6.45) is 10.2. The number of fused-ring (bicyclic) bond motifs is 2. The monoisotopic (exact) mass is 955 g/mol. The topological polar surface area (TPSA) is 208 Å². The van der Waals surface area contributed by atoms with Crippen LogP contribution in [-0.4, -0.2) is 92.4 Å². The number of para-hydroxylation sites is 1. The van der Waals surface area contributed by atoms with E-state index in [9.17, 15) is 30.7 Å². The number of benzene rings is 3. The third-order valence-electron chi connectivity index (χ3n) is 11.5. The molecule has 0 spiro atoms. The van der Waals surface area contributed by atoms with Crippen LogP contribution in [-0.2, 0) is 65.9 Å². The summed E-state index contributed by atoms with van der Waals surface area (Å²) in [5.74, 6) is 1.67. The molecule has 0 saturated heterocycles. The van der Waals surface area contributed by atoms with Gasteiger partial charge in [-0.3, -0.25) is 13.9 Å². The van der Waals surface area contributed by atoms with Crippen LogP contribution in [0.15, 0.2) is 119 Å². The lowest BCUT2D eigenvalue weighted by molar-refractivity contribution is -0.438. The molecule has 6 rings (SSSR count). The van der Waals surface area contributed by atoms with E-state index >= 15 is 0 Å². The number of nitrogens with zero attached hydrogens (tertiary/aromatic N) is 2. The Morgan fingerprint density at radius 2 is 1.62 bits per heavy atom. The van der Waals surface area contributed by atoms with Crippen molar-refractivity contribution in [3.05, 3.63) is 131 Å². The maximum Gasteiger partial charge on any atom is 0.294 e. The van der Waals surface area contributed by atoms with Crippen LogP contribution in [0.3, 0.4) is 0 Å². The van der Waals surface area contributed by atoms with Crippen molar-refractivity contribution in [3.63, 3.8) is 0 Å². The van der Waals surface area contributed by atoms with Crippen LogP contribution in [0.4, 0.5) is 11.4 Å². The largest absolute Gasteiger partial charge is 0.486 e. The van der Waals surface area contributed by atoms with Gasteiger partial charge in [0.1, 0.15) is 25.5 Å². The minimum absolute atomic E-state index is 0.165. The van der Waals surface area contributed by atoms with Gasteiger partial charge in [-0.15, -0.1) is 4.33 Å². The molecule has 0 bridgehead atoms. The number of hydrogen-bond donors (Lipinski definition) is 3. The van der Waals surface area contributed by atoms with E-state index in [1.54, 1.807) is 24.3 Å². The molecule has 0 unspecified atom stereocenters. The number of ether oxygens (including phenoxy) is 4. The van der Waals surface area contributed by atoms with Gasteiger partial charge in [0.2, 0.25) is 11.4 Å². The van der Waals surface area contributed by atoms with E-state index in [2.05, 4.69) is 39.9 Å². The summed E-state index contributed by atoms with van der Waals surface area (Å²) in [6, 6.07) is 20.0. The first-order valence-corrected chi connectivity index (χ1v) is 25.0. The average molecular weight is 956 g/mol. The maximum absolute atomic E-state index is 12.3. The van der Waals surface area contributed by atoms with E-state index in [-0.39, 0.29) is 36.9 Å². The summed E-state index contributed by atoms with van der Waals surface area (Å²) in [5.41, 5.74) is 5.00. The van der Waals surface area contributed by atoms with Crippen molar-refractivity contribution in [2.45, 2.75) is 75.5 Å². The standard InChI is InChI=1S/C46H54N2O14S3/c1-45(2)36-11-5-6-12-38(36)47(24-7-9-29-63-62-61-50)42(45)21-19-40-44(60-34-15-13-33(14-16-34)23-26-57-32-49)41(59-28-27-58-40)20-22-43-46(3,4)37-31-35(65(54,55)56)17-18-39(37)48(43)25-8-10-30-64(51,52)53/h5-6,11-22,31-32H,7-10,23-30H2,1-4H3,(H2-,50,51,52,53,54,55,56)/p+1. The lowest BCUT2D eigenvalue weighted by Crippen LogP contribution is -2.28. The Labute approximate surface area is 384 Å². The fraction of sp³-hybridized carbons (Fsp3) is 0.391. The molecule has 3 heterocycles. The minimum atomic E-state index is -4.53. The van der Waals surface area contributed by atoms with Gasteiger partial charge >= 0.3 is 0 Å². The Bertz CT molecular complexity index is 2580. The van der Waals surface area contributed by atoms with Gasteiger partial charge in [-0.25, -0.2) is 5.26 Å². The molecule has 0 saturated carbocycles. The van der Waals surface area contributed by atoms with Crippen molar-refractivity contribution >= 4 is 55.8 Å². The van der Waals surface area contributed by atoms with Crippen LogP contribution in [0.5, 0.6) is 5.75 Å². The summed E-state index contributed by atoms with van der Waals surface area (Å²) in [5, 5.41) is 12.2. The van der Waals surface area contributed by atoms with Crippen LogP contribution in [0.1, 0.15) is 70.1 Å². The quantitative estimate of drug-likeness (QED) is 0.0166. The minimum Gasteiger partial charge on any atom is -0.486 e. The highest BCUT2D eigenvalue weighted by molar-refractivity contribution is 7.94. The van der Waals surface area contributed by atoms with Crippen molar-refractivity contribution in [3.8, 4) is 5.75 Å². The summed E-state index contributed by atoms with van der Waals surface area (Å²) < 4.78 is 98.1. The summed E-state index contributed by atoms with van der Waals surface area (Å²) in [4.78, 5) is 12.4. The van der Waals surface area contributed by atoms with Gasteiger partial charge in [0.15, 0.2) is 17.2 Å². The average Bonchev–Trinajstić information content (AvgIpc) is 3.49. The molecule has 3 aromatic rings. The third kappa shape index (κ3) is 12.3. The summed E-state index contributed by atoms with van der Waals surface area (Å²) >= 11 is 1.02. The molecule has 0 aliphatic carbocycles. The zero-order valence-corrected chi connectivity index (χ0v) is 39.1. The molecule has 16 nitrogen and oxygen atoms in total. The van der Waals surface area contributed by atoms with Crippen LogP contribution in [0.2, 0.25) is 0 Å². The van der Waals surface area contributed by atoms with E-state index in [0.717, 1.165) is 47.5 Å². The first-order valence-electron chi connectivity index (χ1n) is 21.1. The SMILES string of the molecule is CC1(C)C(/C=C/C2=C(Oc3ccc(CCOC=O)cc3)C(=C/C=C3/N(CCCCS(=O)(=O)O)c4ccc(S(=O)(=O)O)cc4C3(C)C)/OCCO2)=[N+](CCCCSOOO)c2ccccc21. The second-order valence-corrected chi connectivity index (χ2v) is 20.3. The second kappa shape index (κ2) is 21.5. The Morgan fingerprint density at radius 3 is 2.34 bits per heavy atom. The number of hydrogen-bond acceptors (Lipinski definition) is 14. The van der Waals surface area contributed by atoms with Gasteiger partial charge in [0.05, 0.1) is 22.7 Å². The lowest BCUT2D eigenvalue weighted by Gasteiger charge is -2.27. The molecule has 0 aromatic heterocycles. The van der Waals surface area contributed by atoms with E-state index < -0.39 is 36.8 Å². The van der Waals surface area contributed by atoms with Crippen molar-refractivity contribution in [2.24, 2.45) is 0 Å². The van der Waals surface area contributed by atoms with E-state index in [1.165, 1.54) is 17.7 Å². The van der Waals surface area contributed by atoms with Crippen molar-refractivity contribution in [2.75, 3.05) is 49.3 Å². The predicted molar refractivity (Wildman–Crippen MR) is 245 cm³/mol. The Morgan fingerprint density at radius 1 is 0.862 bits per heavy atom. The maximum atomic E-state index is 12.3. The first-order chi connectivity index (χ1) is 31.0. The highest BCUT2D eigenvalue weighted by Gasteiger charge is 2.44. The highest BCUT2D eigenvalue weighted by Crippen LogP contribution is 2.49. The molecule has 3 N–H and O–H groups in total. The van der Waals surface area contributed by atoms with E-state index in [0.29, 0.717) is 66.7 Å². The number of carbonyl (C=O) groups excluding carboxylic acids is 1. The molecule has 0 fully saturated rings. The molecule has 0 amide bonds. The molecule has 0 atom stereocenters. The number of anilines is 1. The van der Waals surface area contributed by atoms with Crippen LogP contribution in [0.25, 0.3) is 0 Å². The molecule has 65 heavy (non-hydrogen) atoms. The molecule has 0 radical (unpaired) electrons. The lowest BCUT2D eigenvalue weighted by atomic mass is 9.81. The molecular formula is C46H55N2O14S3+. The number of allylic oxidation sites excluding steroid dienone is 5.